The van der Waals surface area contributed by atoms with Crippen molar-refractivity contribution in [3.8, 4) is 0 Å². The molecule has 96 valence electrons. The number of hydrogen-bond acceptors (Lipinski definition) is 4. The molecule has 0 aliphatic rings. The fourth-order valence-corrected chi connectivity index (χ4v) is 1.98. The van der Waals surface area contributed by atoms with E-state index in [0.29, 0.717) is 12.3 Å². The first kappa shape index (κ1) is 12.8. The lowest BCUT2D eigenvalue weighted by Crippen LogP contribution is -2.22. The molecule has 0 saturated carbocycles. The van der Waals surface area contributed by atoms with E-state index in [9.17, 15) is 4.79 Å². The molecule has 2 aromatic rings. The highest BCUT2D eigenvalue weighted by Gasteiger charge is 2.11. The van der Waals surface area contributed by atoms with Gasteiger partial charge < -0.3 is 9.73 Å². The van der Waals surface area contributed by atoms with E-state index in [1.165, 1.54) is 0 Å². The number of carbonyl (C=O) groups excluding carboxylic acids is 1. The van der Waals surface area contributed by atoms with Gasteiger partial charge in [-0.1, -0.05) is 0 Å². The van der Waals surface area contributed by atoms with Crippen molar-refractivity contribution < 1.29 is 9.21 Å². The number of nitrogens with zero attached hydrogens (tertiary/aromatic N) is 1. The maximum Gasteiger partial charge on any atom is 0.287 e. The quantitative estimate of drug-likeness (QED) is 0.868. The van der Waals surface area contributed by atoms with Gasteiger partial charge in [-0.15, -0.1) is 0 Å². The minimum absolute atomic E-state index is 0.206. The number of furan rings is 1. The zero-order chi connectivity index (χ0) is 13.0. The van der Waals surface area contributed by atoms with Gasteiger partial charge >= 0.3 is 0 Å². The number of aryl methyl sites for hydroxylation is 1. The van der Waals surface area contributed by atoms with Crippen LogP contribution in [0.2, 0.25) is 0 Å². The SMILES string of the molecule is CSCc1ccc(C(=O)NCc2cn[nH]c2C)o1. The van der Waals surface area contributed by atoms with E-state index in [-0.39, 0.29) is 5.91 Å². The Bertz CT molecular complexity index is 533. The molecule has 6 heteroatoms. The smallest absolute Gasteiger partial charge is 0.287 e. The van der Waals surface area contributed by atoms with E-state index < -0.39 is 0 Å². The Morgan fingerprint density at radius 1 is 1.56 bits per heavy atom. The van der Waals surface area contributed by atoms with Crippen LogP contribution >= 0.6 is 11.8 Å². The highest BCUT2D eigenvalue weighted by Crippen LogP contribution is 2.13. The Morgan fingerprint density at radius 3 is 3.06 bits per heavy atom. The summed E-state index contributed by atoms with van der Waals surface area (Å²) >= 11 is 1.66. The molecule has 18 heavy (non-hydrogen) atoms. The Balaban J connectivity index is 1.93. The molecular weight excluding hydrogens is 250 g/mol. The Kier molecular flexibility index (Phi) is 4.09. The molecule has 0 aromatic carbocycles. The second-order valence-corrected chi connectivity index (χ2v) is 4.77. The summed E-state index contributed by atoms with van der Waals surface area (Å²) in [6, 6.07) is 3.53. The predicted octanol–water partition coefficient (Wildman–Crippen LogP) is 2.10. The molecule has 2 rings (SSSR count). The molecule has 0 fully saturated rings. The maximum atomic E-state index is 11.8. The average molecular weight is 265 g/mol. The number of aromatic amines is 1. The van der Waals surface area contributed by atoms with Crippen LogP contribution in [0, 0.1) is 6.92 Å². The molecule has 0 spiro atoms. The first-order chi connectivity index (χ1) is 8.70. The van der Waals surface area contributed by atoms with E-state index in [2.05, 4.69) is 15.5 Å². The molecule has 0 unspecified atom stereocenters. The van der Waals surface area contributed by atoms with Gasteiger partial charge in [0.2, 0.25) is 0 Å². The maximum absolute atomic E-state index is 11.8. The number of thioether (sulfide) groups is 1. The van der Waals surface area contributed by atoms with Gasteiger partial charge in [-0.3, -0.25) is 9.89 Å². The van der Waals surface area contributed by atoms with Crippen molar-refractivity contribution in [2.24, 2.45) is 0 Å². The number of carbonyl (C=O) groups is 1. The summed E-state index contributed by atoms with van der Waals surface area (Å²) in [5.74, 6) is 1.73. The highest BCUT2D eigenvalue weighted by atomic mass is 32.2. The molecule has 0 saturated heterocycles. The molecule has 0 atom stereocenters. The van der Waals surface area contributed by atoms with Crippen LogP contribution < -0.4 is 5.32 Å². The third-order valence-electron chi connectivity index (χ3n) is 2.55. The van der Waals surface area contributed by atoms with Crippen LogP contribution in [0.5, 0.6) is 0 Å². The van der Waals surface area contributed by atoms with E-state index in [1.54, 1.807) is 24.0 Å². The van der Waals surface area contributed by atoms with E-state index in [1.807, 2.05) is 19.2 Å². The van der Waals surface area contributed by atoms with Crippen LogP contribution in [-0.2, 0) is 12.3 Å². The first-order valence-electron chi connectivity index (χ1n) is 5.55. The lowest BCUT2D eigenvalue weighted by Gasteiger charge is -2.01. The number of hydrogen-bond donors (Lipinski definition) is 2. The summed E-state index contributed by atoms with van der Waals surface area (Å²) in [7, 11) is 0. The highest BCUT2D eigenvalue weighted by molar-refractivity contribution is 7.97. The molecule has 0 aliphatic heterocycles. The number of nitrogens with one attached hydrogen (secondary N) is 2. The molecule has 5 nitrogen and oxygen atoms in total. The predicted molar refractivity (Wildman–Crippen MR) is 70.4 cm³/mol. The minimum atomic E-state index is -0.206. The zero-order valence-corrected chi connectivity index (χ0v) is 11.1. The normalized spacial score (nSPS) is 10.6. The molecule has 1 amide bonds. The van der Waals surface area contributed by atoms with Crippen LogP contribution in [0.15, 0.2) is 22.7 Å². The third-order valence-corrected chi connectivity index (χ3v) is 3.12. The van der Waals surface area contributed by atoms with Crippen LogP contribution in [-0.4, -0.2) is 22.4 Å². The van der Waals surface area contributed by atoms with Crippen molar-refractivity contribution in [2.75, 3.05) is 6.26 Å². The Morgan fingerprint density at radius 2 is 2.39 bits per heavy atom. The largest absolute Gasteiger partial charge is 0.455 e. The Hall–Kier alpha value is -1.69. The summed E-state index contributed by atoms with van der Waals surface area (Å²) in [4.78, 5) is 11.8. The molecule has 2 heterocycles. The van der Waals surface area contributed by atoms with Crippen molar-refractivity contribution in [3.63, 3.8) is 0 Å². The van der Waals surface area contributed by atoms with Crippen LogP contribution in [0.1, 0.15) is 27.6 Å². The van der Waals surface area contributed by atoms with Crippen molar-refractivity contribution in [3.05, 3.63) is 41.1 Å². The van der Waals surface area contributed by atoms with Crippen molar-refractivity contribution in [2.45, 2.75) is 19.2 Å². The van der Waals surface area contributed by atoms with Gasteiger partial charge in [-0.05, 0) is 25.3 Å². The van der Waals surface area contributed by atoms with Gasteiger partial charge in [0.25, 0.3) is 5.91 Å². The second kappa shape index (κ2) is 5.77. The second-order valence-electron chi connectivity index (χ2n) is 3.90. The van der Waals surface area contributed by atoms with Crippen LogP contribution in [0.4, 0.5) is 0 Å². The van der Waals surface area contributed by atoms with Gasteiger partial charge in [-0.2, -0.15) is 16.9 Å². The number of amides is 1. The molecule has 0 aliphatic carbocycles. The van der Waals surface area contributed by atoms with Gasteiger partial charge in [0.1, 0.15) is 5.76 Å². The molecule has 2 aromatic heterocycles. The fourth-order valence-electron chi connectivity index (χ4n) is 1.54. The lowest BCUT2D eigenvalue weighted by molar-refractivity contribution is 0.0921. The van der Waals surface area contributed by atoms with Crippen LogP contribution in [0.3, 0.4) is 0 Å². The van der Waals surface area contributed by atoms with Gasteiger partial charge in [0.05, 0.1) is 11.9 Å². The number of H-pyrrole nitrogens is 1. The monoisotopic (exact) mass is 265 g/mol. The van der Waals surface area contributed by atoms with E-state index >= 15 is 0 Å². The summed E-state index contributed by atoms with van der Waals surface area (Å²) in [5, 5.41) is 9.52. The summed E-state index contributed by atoms with van der Waals surface area (Å²) < 4.78 is 5.43. The molecule has 2 N–H and O–H groups in total. The number of rotatable bonds is 5. The van der Waals surface area contributed by atoms with Gasteiger partial charge in [0.15, 0.2) is 5.76 Å². The van der Waals surface area contributed by atoms with Crippen molar-refractivity contribution in [1.82, 2.24) is 15.5 Å². The van der Waals surface area contributed by atoms with Crippen LogP contribution in [0.25, 0.3) is 0 Å². The lowest BCUT2D eigenvalue weighted by atomic mass is 10.2. The first-order valence-corrected chi connectivity index (χ1v) is 6.94. The average Bonchev–Trinajstić information content (AvgIpc) is 2.96. The van der Waals surface area contributed by atoms with E-state index in [4.69, 9.17) is 4.42 Å². The molecular formula is C12H15N3O2S. The summed E-state index contributed by atoms with van der Waals surface area (Å²) in [6.07, 6.45) is 3.70. The molecule has 0 bridgehead atoms. The fraction of sp³-hybridized carbons (Fsp3) is 0.333. The van der Waals surface area contributed by atoms with Gasteiger partial charge in [-0.25, -0.2) is 0 Å². The topological polar surface area (TPSA) is 70.9 Å². The molecule has 0 radical (unpaired) electrons. The number of aromatic nitrogens is 2. The van der Waals surface area contributed by atoms with Gasteiger partial charge in [0, 0.05) is 17.8 Å². The summed E-state index contributed by atoms with van der Waals surface area (Å²) in [6.45, 7) is 2.36. The van der Waals surface area contributed by atoms with Crippen molar-refractivity contribution >= 4 is 17.7 Å². The minimum Gasteiger partial charge on any atom is -0.455 e. The van der Waals surface area contributed by atoms with E-state index in [0.717, 1.165) is 22.8 Å². The zero-order valence-electron chi connectivity index (χ0n) is 10.3. The third kappa shape index (κ3) is 2.95. The Labute approximate surface area is 109 Å². The van der Waals surface area contributed by atoms with Crippen molar-refractivity contribution in [1.29, 1.82) is 0 Å². The summed E-state index contributed by atoms with van der Waals surface area (Å²) in [5.41, 5.74) is 1.93. The standard InChI is InChI=1S/C12H15N3O2S/c1-8-9(6-14-15-8)5-13-12(16)11-4-3-10(17-11)7-18-2/h3-4,6H,5,7H2,1-2H3,(H,13,16)(H,14,15).